The lowest BCUT2D eigenvalue weighted by atomic mass is 9.71. The Labute approximate surface area is 180 Å². The fraction of sp³-hybridized carbons (Fsp3) is 0.192. The van der Waals surface area contributed by atoms with E-state index in [4.69, 9.17) is 4.42 Å². The van der Waals surface area contributed by atoms with Gasteiger partial charge in [0.2, 0.25) is 0 Å². The van der Waals surface area contributed by atoms with E-state index in [1.54, 1.807) is 24.3 Å². The lowest BCUT2D eigenvalue weighted by Crippen LogP contribution is -2.44. The van der Waals surface area contributed by atoms with E-state index < -0.39 is 23.4 Å². The predicted octanol–water partition coefficient (Wildman–Crippen LogP) is 4.87. The summed E-state index contributed by atoms with van der Waals surface area (Å²) in [6.45, 7) is 1.97. The van der Waals surface area contributed by atoms with E-state index in [9.17, 15) is 15.3 Å². The van der Waals surface area contributed by atoms with Gasteiger partial charge >= 0.3 is 0 Å². The number of rotatable bonds is 3. The molecule has 1 saturated heterocycles. The average molecular weight is 405 g/mol. The Bertz CT molecular complexity index is 1250. The van der Waals surface area contributed by atoms with Gasteiger partial charge in [-0.3, -0.25) is 4.79 Å². The van der Waals surface area contributed by atoms with Crippen LogP contribution in [0.4, 0.5) is 5.69 Å². The molecule has 2 aromatic carbocycles. The van der Waals surface area contributed by atoms with Crippen LogP contribution in [0.25, 0.3) is 6.08 Å². The van der Waals surface area contributed by atoms with Crippen molar-refractivity contribution in [2.45, 2.75) is 24.9 Å². The summed E-state index contributed by atoms with van der Waals surface area (Å²) in [4.78, 5) is 15.9. The van der Waals surface area contributed by atoms with Crippen molar-refractivity contribution < 1.29 is 9.21 Å². The van der Waals surface area contributed by atoms with Crippen molar-refractivity contribution in [2.24, 2.45) is 5.41 Å². The Morgan fingerprint density at radius 2 is 1.77 bits per heavy atom. The van der Waals surface area contributed by atoms with E-state index in [2.05, 4.69) is 12.1 Å². The number of carbonyl (C=O) groups excluding carboxylic acids is 1. The number of nitrogens with zero attached hydrogens (tertiary/aromatic N) is 3. The third-order valence-corrected chi connectivity index (χ3v) is 6.37. The molecule has 0 spiro atoms. The molecule has 0 aliphatic carbocycles. The standard InChI is InChI=1S/C26H19N3O2/c1-17-8-10-19(11-9-17)25(30)24-23(21-7-4-14-31-21)26(15-27,16-28)22-13-12-18-5-2-3-6-20(18)29(22)24/h2-14,22-24H,1H3/t22-,23-,24+/m0/s1. The number of hydrogen-bond donors (Lipinski definition) is 0. The molecule has 0 unspecified atom stereocenters. The molecular weight excluding hydrogens is 386 g/mol. The van der Waals surface area contributed by atoms with Gasteiger partial charge in [0.05, 0.1) is 30.4 Å². The van der Waals surface area contributed by atoms with Crippen LogP contribution in [-0.4, -0.2) is 17.9 Å². The van der Waals surface area contributed by atoms with E-state index in [1.165, 1.54) is 6.26 Å². The molecule has 150 valence electrons. The zero-order valence-electron chi connectivity index (χ0n) is 16.9. The summed E-state index contributed by atoms with van der Waals surface area (Å²) in [6, 6.07) is 21.8. The van der Waals surface area contributed by atoms with Gasteiger partial charge in [-0.15, -0.1) is 0 Å². The van der Waals surface area contributed by atoms with Gasteiger partial charge in [-0.2, -0.15) is 10.5 Å². The summed E-state index contributed by atoms with van der Waals surface area (Å²) in [7, 11) is 0. The lowest BCUT2D eigenvalue weighted by molar-refractivity contribution is 0.0946. The first-order chi connectivity index (χ1) is 15.1. The number of anilines is 1. The fourth-order valence-corrected chi connectivity index (χ4v) is 4.90. The molecule has 0 N–H and O–H groups in total. The molecule has 1 fully saturated rings. The number of furan rings is 1. The molecule has 0 bridgehead atoms. The first kappa shape index (κ1) is 18.9. The molecule has 31 heavy (non-hydrogen) atoms. The highest BCUT2D eigenvalue weighted by molar-refractivity contribution is 6.04. The molecule has 2 aliphatic heterocycles. The largest absolute Gasteiger partial charge is 0.469 e. The number of benzene rings is 2. The summed E-state index contributed by atoms with van der Waals surface area (Å²) in [5.74, 6) is -0.412. The van der Waals surface area contributed by atoms with E-state index >= 15 is 0 Å². The van der Waals surface area contributed by atoms with Crippen LogP contribution in [0.2, 0.25) is 0 Å². The fourth-order valence-electron chi connectivity index (χ4n) is 4.90. The summed E-state index contributed by atoms with van der Waals surface area (Å²) in [5.41, 5.74) is 1.91. The summed E-state index contributed by atoms with van der Waals surface area (Å²) >= 11 is 0. The molecule has 5 nitrogen and oxygen atoms in total. The maximum Gasteiger partial charge on any atom is 0.186 e. The van der Waals surface area contributed by atoms with Gasteiger partial charge in [0, 0.05) is 11.3 Å². The molecule has 0 radical (unpaired) electrons. The summed E-state index contributed by atoms with van der Waals surface area (Å²) < 4.78 is 5.70. The second kappa shape index (κ2) is 7.00. The molecule has 0 saturated carbocycles. The van der Waals surface area contributed by atoms with E-state index in [1.807, 2.05) is 60.4 Å². The van der Waals surface area contributed by atoms with Crippen molar-refractivity contribution in [3.8, 4) is 12.1 Å². The maximum absolute atomic E-state index is 13.9. The predicted molar refractivity (Wildman–Crippen MR) is 116 cm³/mol. The Hall–Kier alpha value is -4.09. The van der Waals surface area contributed by atoms with Crippen LogP contribution in [0.5, 0.6) is 0 Å². The number of para-hydroxylation sites is 1. The molecule has 2 aliphatic rings. The SMILES string of the molecule is Cc1ccc(C(=O)[C@H]2[C@H](c3ccco3)C(C#N)(C#N)[C@@H]3C=Cc4ccccc4N32)cc1. The zero-order chi connectivity index (χ0) is 21.6. The van der Waals surface area contributed by atoms with Gasteiger partial charge in [0.25, 0.3) is 0 Å². The van der Waals surface area contributed by atoms with Gasteiger partial charge in [0.15, 0.2) is 11.2 Å². The molecule has 5 rings (SSSR count). The van der Waals surface area contributed by atoms with E-state index in [0.717, 1.165) is 16.8 Å². The first-order valence-corrected chi connectivity index (χ1v) is 10.1. The second-order valence-electron chi connectivity index (χ2n) is 8.03. The van der Waals surface area contributed by atoms with Crippen LogP contribution in [0.1, 0.15) is 33.2 Å². The zero-order valence-corrected chi connectivity index (χ0v) is 16.9. The summed E-state index contributed by atoms with van der Waals surface area (Å²) in [5, 5.41) is 20.6. The highest BCUT2D eigenvalue weighted by Crippen LogP contribution is 2.55. The van der Waals surface area contributed by atoms with Crippen LogP contribution in [0, 0.1) is 35.0 Å². The number of fused-ring (bicyclic) bond motifs is 3. The Morgan fingerprint density at radius 1 is 1.03 bits per heavy atom. The van der Waals surface area contributed by atoms with Crippen LogP contribution >= 0.6 is 0 Å². The quantitative estimate of drug-likeness (QED) is 0.581. The minimum Gasteiger partial charge on any atom is -0.469 e. The van der Waals surface area contributed by atoms with Crippen LogP contribution in [0.15, 0.2) is 77.4 Å². The lowest BCUT2D eigenvalue weighted by Gasteiger charge is -2.35. The van der Waals surface area contributed by atoms with E-state index in [0.29, 0.717) is 11.3 Å². The third-order valence-electron chi connectivity index (χ3n) is 6.37. The minimum atomic E-state index is -1.48. The summed E-state index contributed by atoms with van der Waals surface area (Å²) in [6.07, 6.45) is 5.31. The number of Topliss-reactive ketones (excluding diaryl/α,β-unsaturated/α-hetero) is 1. The van der Waals surface area contributed by atoms with Gasteiger partial charge in [-0.25, -0.2) is 0 Å². The topological polar surface area (TPSA) is 81.0 Å². The van der Waals surface area contributed by atoms with Crippen LogP contribution in [0.3, 0.4) is 0 Å². The smallest absolute Gasteiger partial charge is 0.186 e. The van der Waals surface area contributed by atoms with Crippen LogP contribution in [-0.2, 0) is 0 Å². The van der Waals surface area contributed by atoms with Gasteiger partial charge in [0.1, 0.15) is 11.8 Å². The number of nitriles is 2. The van der Waals surface area contributed by atoms with Crippen molar-refractivity contribution in [3.63, 3.8) is 0 Å². The second-order valence-corrected chi connectivity index (χ2v) is 8.03. The molecule has 1 aromatic heterocycles. The van der Waals surface area contributed by atoms with Crippen molar-refractivity contribution in [3.05, 3.63) is 95.5 Å². The van der Waals surface area contributed by atoms with Gasteiger partial charge in [-0.1, -0.05) is 60.2 Å². The molecule has 3 atom stereocenters. The number of aryl methyl sites for hydroxylation is 1. The highest BCUT2D eigenvalue weighted by atomic mass is 16.3. The molecular formula is C26H19N3O2. The molecule has 5 heteroatoms. The maximum atomic E-state index is 13.9. The Balaban J connectivity index is 1.77. The third kappa shape index (κ3) is 2.64. The Kier molecular flexibility index (Phi) is 4.27. The van der Waals surface area contributed by atoms with Crippen molar-refractivity contribution >= 4 is 17.5 Å². The monoisotopic (exact) mass is 405 g/mol. The Morgan fingerprint density at radius 3 is 2.45 bits per heavy atom. The molecule has 0 amide bonds. The molecule has 3 heterocycles. The number of carbonyl (C=O) groups is 1. The molecule has 3 aromatic rings. The van der Waals surface area contributed by atoms with E-state index in [-0.39, 0.29) is 5.78 Å². The average Bonchev–Trinajstić information content (AvgIpc) is 3.43. The van der Waals surface area contributed by atoms with Gasteiger partial charge in [-0.05, 0) is 30.7 Å². The van der Waals surface area contributed by atoms with Crippen molar-refractivity contribution in [1.29, 1.82) is 10.5 Å². The van der Waals surface area contributed by atoms with Crippen molar-refractivity contribution in [1.82, 2.24) is 0 Å². The van der Waals surface area contributed by atoms with Crippen molar-refractivity contribution in [2.75, 3.05) is 4.90 Å². The number of ketones is 1. The normalized spacial score (nSPS) is 22.8. The number of hydrogen-bond acceptors (Lipinski definition) is 5. The minimum absolute atomic E-state index is 0.135. The van der Waals surface area contributed by atoms with Gasteiger partial charge < -0.3 is 9.32 Å². The highest BCUT2D eigenvalue weighted by Gasteiger charge is 2.64. The first-order valence-electron chi connectivity index (χ1n) is 10.1. The van der Waals surface area contributed by atoms with Crippen LogP contribution < -0.4 is 4.90 Å².